The van der Waals surface area contributed by atoms with Crippen LogP contribution in [0.3, 0.4) is 0 Å². The smallest absolute Gasteiger partial charge is 0.0233 e. The second-order valence-corrected chi connectivity index (χ2v) is 3.63. The molecule has 1 rings (SSSR count). The van der Waals surface area contributed by atoms with E-state index in [2.05, 4.69) is 49.9 Å². The highest BCUT2D eigenvalue weighted by Gasteiger charge is 2.00. The first kappa shape index (κ1) is 14.5. The van der Waals surface area contributed by atoms with Gasteiger partial charge in [0.1, 0.15) is 0 Å². The zero-order chi connectivity index (χ0) is 10.4. The Morgan fingerprint density at radius 3 is 1.73 bits per heavy atom. The normalized spacial score (nSPS) is 10.1. The van der Waals surface area contributed by atoms with E-state index in [1.54, 1.807) is 0 Å². The maximum Gasteiger partial charge on any atom is 0.0233 e. The summed E-state index contributed by atoms with van der Waals surface area (Å²) in [6, 6.07) is 8.96. The van der Waals surface area contributed by atoms with Gasteiger partial charge in [0, 0.05) is 6.54 Å². The molecule has 0 spiro atoms. The molecule has 0 atom stereocenters. The summed E-state index contributed by atoms with van der Waals surface area (Å²) in [5, 5.41) is 0. The van der Waals surface area contributed by atoms with Crippen molar-refractivity contribution in [3.63, 3.8) is 0 Å². The van der Waals surface area contributed by atoms with Crippen LogP contribution in [0.5, 0.6) is 0 Å². The van der Waals surface area contributed by atoms with Crippen LogP contribution in [0, 0.1) is 0 Å². The summed E-state index contributed by atoms with van der Waals surface area (Å²) in [7, 11) is 0. The second kappa shape index (κ2) is 7.72. The molecule has 0 amide bonds. The molecule has 0 saturated carbocycles. The third kappa shape index (κ3) is 4.67. The fourth-order valence-electron chi connectivity index (χ4n) is 1.59. The summed E-state index contributed by atoms with van der Waals surface area (Å²) in [4.78, 5) is 2.43. The fourth-order valence-corrected chi connectivity index (χ4v) is 1.59. The van der Waals surface area contributed by atoms with Crippen LogP contribution in [0.1, 0.15) is 31.9 Å². The summed E-state index contributed by atoms with van der Waals surface area (Å²) < 4.78 is 0. The molecule has 1 aromatic rings. The monoisotopic (exact) mass is 227 g/mol. The van der Waals surface area contributed by atoms with Crippen LogP contribution in [-0.2, 0) is 13.0 Å². The van der Waals surface area contributed by atoms with Gasteiger partial charge in [-0.1, -0.05) is 45.0 Å². The minimum Gasteiger partial charge on any atom is -0.300 e. The average Bonchev–Trinajstić information content (AvgIpc) is 2.26. The fraction of sp³-hybridized carbons (Fsp3) is 0.538. The lowest BCUT2D eigenvalue weighted by Gasteiger charge is -2.17. The Bertz CT molecular complexity index is 252. The molecule has 0 aliphatic rings. The van der Waals surface area contributed by atoms with Gasteiger partial charge in [0.25, 0.3) is 0 Å². The number of nitrogens with zero attached hydrogens (tertiary/aromatic N) is 1. The minimum atomic E-state index is 0. The summed E-state index contributed by atoms with van der Waals surface area (Å²) >= 11 is 0. The minimum absolute atomic E-state index is 0. The quantitative estimate of drug-likeness (QED) is 0.744. The van der Waals surface area contributed by atoms with Gasteiger partial charge in [0.15, 0.2) is 0 Å². The predicted octanol–water partition coefficient (Wildman–Crippen LogP) is 3.51. The van der Waals surface area contributed by atoms with E-state index in [0.717, 1.165) is 26.1 Å². The van der Waals surface area contributed by atoms with Crippen LogP contribution in [0.15, 0.2) is 24.3 Å². The van der Waals surface area contributed by atoms with Gasteiger partial charge in [-0.25, -0.2) is 0 Å². The standard InChI is InChI=1S/C13H21N.ClH/c1-4-12-7-9-13(10-8-12)11-14(5-2)6-3;/h7-10H,4-6,11H2,1-3H3;1H. The number of rotatable bonds is 5. The zero-order valence-corrected chi connectivity index (χ0v) is 10.8. The molecule has 0 aromatic heterocycles. The van der Waals surface area contributed by atoms with E-state index in [4.69, 9.17) is 0 Å². The molecule has 1 nitrogen and oxygen atoms in total. The topological polar surface area (TPSA) is 3.24 Å². The number of hydrogen-bond acceptors (Lipinski definition) is 1. The Kier molecular flexibility index (Phi) is 7.45. The molecular formula is C13H22ClN. The lowest BCUT2D eigenvalue weighted by atomic mass is 10.1. The molecule has 0 saturated heterocycles. The molecule has 86 valence electrons. The average molecular weight is 228 g/mol. The maximum atomic E-state index is 2.43. The Morgan fingerprint density at radius 2 is 1.33 bits per heavy atom. The molecule has 15 heavy (non-hydrogen) atoms. The van der Waals surface area contributed by atoms with Gasteiger partial charge in [0.2, 0.25) is 0 Å². The Hall–Kier alpha value is -0.530. The van der Waals surface area contributed by atoms with E-state index in [-0.39, 0.29) is 12.4 Å². The highest BCUT2D eigenvalue weighted by atomic mass is 35.5. The SMILES string of the molecule is CCc1ccc(CN(CC)CC)cc1.Cl. The van der Waals surface area contributed by atoms with Crippen molar-refractivity contribution in [2.24, 2.45) is 0 Å². The van der Waals surface area contributed by atoms with Crippen molar-refractivity contribution in [2.45, 2.75) is 33.7 Å². The van der Waals surface area contributed by atoms with Crippen molar-refractivity contribution in [3.8, 4) is 0 Å². The van der Waals surface area contributed by atoms with Crippen molar-refractivity contribution in [1.29, 1.82) is 0 Å². The molecule has 0 aliphatic heterocycles. The third-order valence-corrected chi connectivity index (χ3v) is 2.73. The van der Waals surface area contributed by atoms with Crippen LogP contribution in [0.4, 0.5) is 0 Å². The first-order valence-corrected chi connectivity index (χ1v) is 5.60. The van der Waals surface area contributed by atoms with E-state index in [0.29, 0.717) is 0 Å². The van der Waals surface area contributed by atoms with Gasteiger partial charge in [-0.3, -0.25) is 4.90 Å². The van der Waals surface area contributed by atoms with Gasteiger partial charge in [-0.05, 0) is 30.6 Å². The molecule has 0 fully saturated rings. The first-order chi connectivity index (χ1) is 6.80. The summed E-state index contributed by atoms with van der Waals surface area (Å²) in [5.74, 6) is 0. The maximum absolute atomic E-state index is 2.43. The van der Waals surface area contributed by atoms with E-state index in [9.17, 15) is 0 Å². The lowest BCUT2D eigenvalue weighted by Crippen LogP contribution is -2.21. The van der Waals surface area contributed by atoms with Crippen LogP contribution in [-0.4, -0.2) is 18.0 Å². The lowest BCUT2D eigenvalue weighted by molar-refractivity contribution is 0.296. The van der Waals surface area contributed by atoms with Gasteiger partial charge < -0.3 is 0 Å². The zero-order valence-electron chi connectivity index (χ0n) is 9.99. The number of halogens is 1. The second-order valence-electron chi connectivity index (χ2n) is 3.63. The molecule has 0 N–H and O–H groups in total. The predicted molar refractivity (Wildman–Crippen MR) is 69.7 cm³/mol. The summed E-state index contributed by atoms with van der Waals surface area (Å²) in [5.41, 5.74) is 2.85. The van der Waals surface area contributed by atoms with Gasteiger partial charge in [0.05, 0.1) is 0 Å². The van der Waals surface area contributed by atoms with E-state index < -0.39 is 0 Å². The van der Waals surface area contributed by atoms with Crippen LogP contribution in [0.2, 0.25) is 0 Å². The molecule has 0 aliphatic carbocycles. The molecule has 0 heterocycles. The molecule has 0 unspecified atom stereocenters. The highest BCUT2D eigenvalue weighted by molar-refractivity contribution is 5.85. The number of benzene rings is 1. The van der Waals surface area contributed by atoms with Crippen molar-refractivity contribution in [1.82, 2.24) is 4.90 Å². The molecular weight excluding hydrogens is 206 g/mol. The van der Waals surface area contributed by atoms with Gasteiger partial charge in [-0.15, -0.1) is 12.4 Å². The highest BCUT2D eigenvalue weighted by Crippen LogP contribution is 2.07. The first-order valence-electron chi connectivity index (χ1n) is 5.60. The largest absolute Gasteiger partial charge is 0.300 e. The molecule has 2 heteroatoms. The van der Waals surface area contributed by atoms with Crippen LogP contribution >= 0.6 is 12.4 Å². The van der Waals surface area contributed by atoms with Crippen molar-refractivity contribution in [2.75, 3.05) is 13.1 Å². The molecule has 0 radical (unpaired) electrons. The van der Waals surface area contributed by atoms with E-state index in [1.165, 1.54) is 11.1 Å². The molecule has 1 aromatic carbocycles. The Labute approximate surface area is 99.9 Å². The van der Waals surface area contributed by atoms with Crippen molar-refractivity contribution in [3.05, 3.63) is 35.4 Å². The van der Waals surface area contributed by atoms with E-state index >= 15 is 0 Å². The van der Waals surface area contributed by atoms with Crippen LogP contribution < -0.4 is 0 Å². The number of aryl methyl sites for hydroxylation is 1. The van der Waals surface area contributed by atoms with E-state index in [1.807, 2.05) is 0 Å². The summed E-state index contributed by atoms with van der Waals surface area (Å²) in [6.07, 6.45) is 1.13. The summed E-state index contributed by atoms with van der Waals surface area (Å²) in [6.45, 7) is 9.96. The third-order valence-electron chi connectivity index (χ3n) is 2.73. The Morgan fingerprint density at radius 1 is 0.867 bits per heavy atom. The van der Waals surface area contributed by atoms with Crippen molar-refractivity contribution >= 4 is 12.4 Å². The number of hydrogen-bond donors (Lipinski definition) is 0. The van der Waals surface area contributed by atoms with Crippen LogP contribution in [0.25, 0.3) is 0 Å². The van der Waals surface area contributed by atoms with Crippen molar-refractivity contribution < 1.29 is 0 Å². The van der Waals surface area contributed by atoms with Gasteiger partial charge >= 0.3 is 0 Å². The molecule has 0 bridgehead atoms. The van der Waals surface area contributed by atoms with Gasteiger partial charge in [-0.2, -0.15) is 0 Å². The Balaban J connectivity index is 0.00000196.